The van der Waals surface area contributed by atoms with Crippen molar-refractivity contribution in [1.29, 1.82) is 0 Å². The molecule has 1 N–H and O–H groups in total. The van der Waals surface area contributed by atoms with Gasteiger partial charge in [-0.15, -0.1) is 0 Å². The van der Waals surface area contributed by atoms with Gasteiger partial charge in [-0.25, -0.2) is 0 Å². The maximum absolute atomic E-state index is 12.2. The smallest absolute Gasteiger partial charge is 0.223 e. The highest BCUT2D eigenvalue weighted by atomic mass is 16.1. The van der Waals surface area contributed by atoms with Crippen LogP contribution in [0.25, 0.3) is 11.3 Å². The minimum absolute atomic E-state index is 0.117. The molecule has 0 spiro atoms. The van der Waals surface area contributed by atoms with Gasteiger partial charge < -0.3 is 5.32 Å². The van der Waals surface area contributed by atoms with E-state index < -0.39 is 0 Å². The maximum atomic E-state index is 12.2. The molecular formula is C18H19N3O. The van der Waals surface area contributed by atoms with Gasteiger partial charge in [0.2, 0.25) is 5.91 Å². The predicted molar refractivity (Wildman–Crippen MR) is 85.8 cm³/mol. The van der Waals surface area contributed by atoms with Crippen molar-refractivity contribution < 1.29 is 4.79 Å². The van der Waals surface area contributed by atoms with E-state index in [1.165, 1.54) is 0 Å². The Morgan fingerprint density at radius 1 is 1.18 bits per heavy atom. The molecule has 2 heterocycles. The third-order valence-corrected chi connectivity index (χ3v) is 3.91. The van der Waals surface area contributed by atoms with Crippen LogP contribution in [0, 0.1) is 5.92 Å². The zero-order valence-electron chi connectivity index (χ0n) is 12.4. The van der Waals surface area contributed by atoms with Crippen LogP contribution < -0.4 is 5.32 Å². The Labute approximate surface area is 130 Å². The average Bonchev–Trinajstić information content (AvgIpc) is 2.61. The van der Waals surface area contributed by atoms with E-state index in [9.17, 15) is 4.79 Å². The Morgan fingerprint density at radius 2 is 2.05 bits per heavy atom. The van der Waals surface area contributed by atoms with E-state index >= 15 is 0 Å². The Hall–Kier alpha value is -2.49. The number of rotatable bonds is 4. The third kappa shape index (κ3) is 3.58. The zero-order chi connectivity index (χ0) is 15.2. The minimum atomic E-state index is 0.117. The average molecular weight is 293 g/mol. The highest BCUT2D eigenvalue weighted by molar-refractivity contribution is 5.79. The molecule has 1 unspecified atom stereocenters. The summed E-state index contributed by atoms with van der Waals surface area (Å²) in [6.07, 6.45) is 12.3. The molecule has 0 radical (unpaired) electrons. The van der Waals surface area contributed by atoms with Crippen LogP contribution in [0.4, 0.5) is 0 Å². The summed E-state index contributed by atoms with van der Waals surface area (Å²) < 4.78 is 0. The molecule has 1 atom stereocenters. The number of nitrogens with one attached hydrogen (secondary N) is 1. The van der Waals surface area contributed by atoms with E-state index in [1.54, 1.807) is 18.6 Å². The molecule has 0 bridgehead atoms. The Balaban J connectivity index is 1.63. The largest absolute Gasteiger partial charge is 0.352 e. The lowest BCUT2D eigenvalue weighted by molar-refractivity contribution is -0.125. The molecule has 4 nitrogen and oxygen atoms in total. The van der Waals surface area contributed by atoms with Crippen LogP contribution in [-0.4, -0.2) is 15.9 Å². The van der Waals surface area contributed by atoms with E-state index in [1.807, 2.05) is 24.3 Å². The Kier molecular flexibility index (Phi) is 4.59. The Bertz CT molecular complexity index is 667. The SMILES string of the molecule is O=C(NCc1ccnc(-c2ccncc2)c1)C1CC=CCC1. The molecule has 112 valence electrons. The summed E-state index contributed by atoms with van der Waals surface area (Å²) >= 11 is 0. The van der Waals surface area contributed by atoms with Crippen LogP contribution in [0.5, 0.6) is 0 Å². The van der Waals surface area contributed by atoms with Gasteiger partial charge in [0.25, 0.3) is 0 Å². The second-order valence-corrected chi connectivity index (χ2v) is 5.48. The summed E-state index contributed by atoms with van der Waals surface area (Å²) in [5.74, 6) is 0.262. The molecule has 2 aromatic rings. The van der Waals surface area contributed by atoms with Crippen molar-refractivity contribution in [2.24, 2.45) is 5.92 Å². The van der Waals surface area contributed by atoms with Gasteiger partial charge in [-0.2, -0.15) is 0 Å². The van der Waals surface area contributed by atoms with Crippen molar-refractivity contribution >= 4 is 5.91 Å². The van der Waals surface area contributed by atoms with Gasteiger partial charge >= 0.3 is 0 Å². The van der Waals surface area contributed by atoms with E-state index in [4.69, 9.17) is 0 Å². The van der Waals surface area contributed by atoms with Gasteiger partial charge in [-0.3, -0.25) is 14.8 Å². The molecule has 0 saturated carbocycles. The summed E-state index contributed by atoms with van der Waals surface area (Å²) in [4.78, 5) is 20.5. The lowest BCUT2D eigenvalue weighted by atomic mass is 9.93. The standard InChI is InChI=1S/C18H19N3O/c22-18(16-4-2-1-3-5-16)21-13-14-6-11-20-17(12-14)15-7-9-19-10-8-15/h1-2,6-12,16H,3-5,13H2,(H,21,22). The van der Waals surface area contributed by atoms with Gasteiger partial charge in [0.15, 0.2) is 0 Å². The molecule has 2 aromatic heterocycles. The van der Waals surface area contributed by atoms with E-state index in [-0.39, 0.29) is 11.8 Å². The van der Waals surface area contributed by atoms with E-state index in [0.717, 1.165) is 36.1 Å². The number of pyridine rings is 2. The molecular weight excluding hydrogens is 274 g/mol. The fourth-order valence-corrected chi connectivity index (χ4v) is 2.63. The number of allylic oxidation sites excluding steroid dienone is 2. The normalized spacial score (nSPS) is 17.2. The molecule has 0 fully saturated rings. The molecule has 1 amide bonds. The first-order chi connectivity index (χ1) is 10.8. The first-order valence-corrected chi connectivity index (χ1v) is 7.61. The monoisotopic (exact) mass is 293 g/mol. The molecule has 0 aromatic carbocycles. The summed E-state index contributed by atoms with van der Waals surface area (Å²) in [6.45, 7) is 0.541. The summed E-state index contributed by atoms with van der Waals surface area (Å²) in [5.41, 5.74) is 2.98. The van der Waals surface area contributed by atoms with Crippen LogP contribution in [0.2, 0.25) is 0 Å². The molecule has 3 rings (SSSR count). The number of aromatic nitrogens is 2. The highest BCUT2D eigenvalue weighted by Crippen LogP contribution is 2.19. The van der Waals surface area contributed by atoms with Gasteiger partial charge in [0.05, 0.1) is 5.69 Å². The minimum Gasteiger partial charge on any atom is -0.352 e. The summed E-state index contributed by atoms with van der Waals surface area (Å²) in [6, 6.07) is 7.81. The third-order valence-electron chi connectivity index (χ3n) is 3.91. The zero-order valence-corrected chi connectivity index (χ0v) is 12.4. The molecule has 0 aliphatic heterocycles. The molecule has 22 heavy (non-hydrogen) atoms. The quantitative estimate of drug-likeness (QED) is 0.881. The fraction of sp³-hybridized carbons (Fsp3) is 0.278. The summed E-state index contributed by atoms with van der Waals surface area (Å²) in [7, 11) is 0. The van der Waals surface area contributed by atoms with Crippen molar-refractivity contribution in [1.82, 2.24) is 15.3 Å². The number of hydrogen-bond acceptors (Lipinski definition) is 3. The van der Waals surface area contributed by atoms with Gasteiger partial charge in [0, 0.05) is 36.6 Å². The topological polar surface area (TPSA) is 54.9 Å². The lowest BCUT2D eigenvalue weighted by Gasteiger charge is -2.17. The van der Waals surface area contributed by atoms with Crippen LogP contribution in [0.15, 0.2) is 55.0 Å². The number of carbonyl (C=O) groups is 1. The van der Waals surface area contributed by atoms with Crippen LogP contribution >= 0.6 is 0 Å². The first-order valence-electron chi connectivity index (χ1n) is 7.61. The highest BCUT2D eigenvalue weighted by Gasteiger charge is 2.18. The fourth-order valence-electron chi connectivity index (χ4n) is 2.63. The number of nitrogens with zero attached hydrogens (tertiary/aromatic N) is 2. The van der Waals surface area contributed by atoms with E-state index in [0.29, 0.717) is 6.54 Å². The van der Waals surface area contributed by atoms with Crippen molar-refractivity contribution in [3.63, 3.8) is 0 Å². The van der Waals surface area contributed by atoms with Crippen molar-refractivity contribution in [2.75, 3.05) is 0 Å². The van der Waals surface area contributed by atoms with Crippen LogP contribution in [-0.2, 0) is 11.3 Å². The maximum Gasteiger partial charge on any atom is 0.223 e. The second-order valence-electron chi connectivity index (χ2n) is 5.48. The van der Waals surface area contributed by atoms with E-state index in [2.05, 4.69) is 27.4 Å². The molecule has 1 aliphatic carbocycles. The van der Waals surface area contributed by atoms with Crippen molar-refractivity contribution in [3.8, 4) is 11.3 Å². The van der Waals surface area contributed by atoms with Crippen molar-refractivity contribution in [2.45, 2.75) is 25.8 Å². The number of hydrogen-bond donors (Lipinski definition) is 1. The van der Waals surface area contributed by atoms with Crippen LogP contribution in [0.1, 0.15) is 24.8 Å². The number of amides is 1. The second kappa shape index (κ2) is 6.98. The predicted octanol–water partition coefficient (Wildman–Crippen LogP) is 3.12. The summed E-state index contributed by atoms with van der Waals surface area (Å²) in [5, 5.41) is 3.03. The van der Waals surface area contributed by atoms with Gasteiger partial charge in [-0.05, 0) is 49.1 Å². The molecule has 1 aliphatic rings. The van der Waals surface area contributed by atoms with Gasteiger partial charge in [0.1, 0.15) is 0 Å². The number of carbonyl (C=O) groups excluding carboxylic acids is 1. The Morgan fingerprint density at radius 3 is 2.82 bits per heavy atom. The molecule has 4 heteroatoms. The van der Waals surface area contributed by atoms with Crippen molar-refractivity contribution in [3.05, 3.63) is 60.6 Å². The molecule has 0 saturated heterocycles. The first kappa shape index (κ1) is 14.4. The van der Waals surface area contributed by atoms with Gasteiger partial charge in [-0.1, -0.05) is 12.2 Å². The van der Waals surface area contributed by atoms with Crippen LogP contribution in [0.3, 0.4) is 0 Å². The lowest BCUT2D eigenvalue weighted by Crippen LogP contribution is -2.30.